The highest BCUT2D eigenvalue weighted by atomic mass is 32.1. The first-order valence-corrected chi connectivity index (χ1v) is 9.77. The molecule has 2 aromatic heterocycles. The van der Waals surface area contributed by atoms with Gasteiger partial charge in [0, 0.05) is 16.3 Å². The lowest BCUT2D eigenvalue weighted by molar-refractivity contribution is -0.123. The van der Waals surface area contributed by atoms with Gasteiger partial charge in [-0.05, 0) is 35.6 Å². The predicted octanol–water partition coefficient (Wildman–Crippen LogP) is 3.27. The molecule has 2 N–H and O–H groups in total. The van der Waals surface area contributed by atoms with Crippen LogP contribution >= 0.6 is 22.7 Å². The Balaban J connectivity index is 1.45. The first-order valence-electron chi connectivity index (χ1n) is 7.94. The standard InChI is InChI=1S/C18H17N3O3S2/c1-2-12-3-5-14(6-4-12)24-9-16(22)20-21-17(23)15-11-26-18(19-15)13-7-8-25-10-13/h3-8,10-11H,2,9H2,1H3,(H,20,22)(H,21,23). The molecule has 0 fully saturated rings. The summed E-state index contributed by atoms with van der Waals surface area (Å²) in [4.78, 5) is 28.1. The van der Waals surface area contributed by atoms with E-state index in [4.69, 9.17) is 4.74 Å². The van der Waals surface area contributed by atoms with Crippen LogP contribution in [0.5, 0.6) is 5.75 Å². The number of nitrogens with zero attached hydrogens (tertiary/aromatic N) is 1. The third kappa shape index (κ3) is 4.68. The summed E-state index contributed by atoms with van der Waals surface area (Å²) in [6, 6.07) is 9.46. The van der Waals surface area contributed by atoms with Gasteiger partial charge in [-0.3, -0.25) is 20.4 Å². The Kier molecular flexibility index (Phi) is 5.98. The second kappa shape index (κ2) is 8.59. The number of benzene rings is 1. The maximum absolute atomic E-state index is 12.1. The van der Waals surface area contributed by atoms with Crippen molar-refractivity contribution in [3.8, 4) is 16.3 Å². The van der Waals surface area contributed by atoms with E-state index >= 15 is 0 Å². The summed E-state index contributed by atoms with van der Waals surface area (Å²) in [7, 11) is 0. The van der Waals surface area contributed by atoms with Crippen molar-refractivity contribution < 1.29 is 14.3 Å². The molecule has 0 aliphatic heterocycles. The van der Waals surface area contributed by atoms with E-state index in [1.807, 2.05) is 41.1 Å². The van der Waals surface area contributed by atoms with Gasteiger partial charge in [0.2, 0.25) is 0 Å². The van der Waals surface area contributed by atoms with E-state index in [0.29, 0.717) is 5.75 Å². The molecule has 0 bridgehead atoms. The Morgan fingerprint density at radius 2 is 1.92 bits per heavy atom. The average molecular weight is 387 g/mol. The van der Waals surface area contributed by atoms with Crippen LogP contribution in [0, 0.1) is 0 Å². The summed E-state index contributed by atoms with van der Waals surface area (Å²) in [6.45, 7) is 1.88. The second-order valence-electron chi connectivity index (χ2n) is 5.34. The number of hydrogen-bond donors (Lipinski definition) is 2. The Hall–Kier alpha value is -2.71. The van der Waals surface area contributed by atoms with Crippen LogP contribution in [0.15, 0.2) is 46.5 Å². The highest BCUT2D eigenvalue weighted by molar-refractivity contribution is 7.14. The smallest absolute Gasteiger partial charge is 0.289 e. The molecular weight excluding hydrogens is 370 g/mol. The van der Waals surface area contributed by atoms with Crippen molar-refractivity contribution in [3.63, 3.8) is 0 Å². The van der Waals surface area contributed by atoms with Crippen molar-refractivity contribution in [2.24, 2.45) is 0 Å². The van der Waals surface area contributed by atoms with Gasteiger partial charge in [0.25, 0.3) is 11.8 Å². The van der Waals surface area contributed by atoms with Crippen molar-refractivity contribution in [2.75, 3.05) is 6.61 Å². The van der Waals surface area contributed by atoms with Crippen molar-refractivity contribution in [2.45, 2.75) is 13.3 Å². The predicted molar refractivity (Wildman–Crippen MR) is 102 cm³/mol. The van der Waals surface area contributed by atoms with Crippen LogP contribution in [0.25, 0.3) is 10.6 Å². The van der Waals surface area contributed by atoms with Crippen LogP contribution in [0.1, 0.15) is 23.0 Å². The Morgan fingerprint density at radius 3 is 2.62 bits per heavy atom. The molecule has 0 radical (unpaired) electrons. The zero-order valence-electron chi connectivity index (χ0n) is 14.0. The molecule has 0 unspecified atom stereocenters. The summed E-state index contributed by atoms with van der Waals surface area (Å²) in [5.41, 5.74) is 7.09. The summed E-state index contributed by atoms with van der Waals surface area (Å²) in [5, 5.41) is 6.33. The first kappa shape index (κ1) is 18.1. The molecule has 26 heavy (non-hydrogen) atoms. The molecule has 1 aromatic carbocycles. The monoisotopic (exact) mass is 387 g/mol. The highest BCUT2D eigenvalue weighted by Gasteiger charge is 2.13. The van der Waals surface area contributed by atoms with Crippen LogP contribution in [0.4, 0.5) is 0 Å². The molecule has 8 heteroatoms. The number of nitrogens with one attached hydrogen (secondary N) is 2. The molecule has 6 nitrogen and oxygen atoms in total. The van der Waals surface area contributed by atoms with Crippen LogP contribution in [-0.2, 0) is 11.2 Å². The normalized spacial score (nSPS) is 10.3. The van der Waals surface area contributed by atoms with Crippen molar-refractivity contribution >= 4 is 34.5 Å². The lowest BCUT2D eigenvalue weighted by Gasteiger charge is -2.08. The lowest BCUT2D eigenvalue weighted by Crippen LogP contribution is -2.43. The molecule has 3 rings (SSSR count). The Labute approximate surface area is 158 Å². The van der Waals surface area contributed by atoms with E-state index in [2.05, 4.69) is 22.8 Å². The second-order valence-corrected chi connectivity index (χ2v) is 6.98. The Bertz CT molecular complexity index is 873. The SMILES string of the molecule is CCc1ccc(OCC(=O)NNC(=O)c2csc(-c3ccsc3)n2)cc1. The van der Waals surface area contributed by atoms with E-state index in [1.54, 1.807) is 16.7 Å². The third-order valence-electron chi connectivity index (χ3n) is 3.52. The van der Waals surface area contributed by atoms with E-state index in [1.165, 1.54) is 16.9 Å². The fourth-order valence-corrected chi connectivity index (χ4v) is 3.61. The zero-order chi connectivity index (χ0) is 18.4. The van der Waals surface area contributed by atoms with Gasteiger partial charge in [-0.1, -0.05) is 19.1 Å². The summed E-state index contributed by atoms with van der Waals surface area (Å²) in [5.74, 6) is -0.321. The number of aryl methyl sites for hydroxylation is 1. The molecule has 2 amide bonds. The number of hydrogen-bond acceptors (Lipinski definition) is 6. The molecule has 3 aromatic rings. The molecule has 0 atom stereocenters. The van der Waals surface area contributed by atoms with Gasteiger partial charge in [0.05, 0.1) is 0 Å². The number of ether oxygens (including phenoxy) is 1. The van der Waals surface area contributed by atoms with Crippen LogP contribution < -0.4 is 15.6 Å². The number of thiophene rings is 1. The number of carbonyl (C=O) groups is 2. The minimum absolute atomic E-state index is 0.191. The van der Waals surface area contributed by atoms with Crippen LogP contribution in [-0.4, -0.2) is 23.4 Å². The number of rotatable bonds is 6. The molecule has 134 valence electrons. The molecule has 0 aliphatic carbocycles. The maximum Gasteiger partial charge on any atom is 0.289 e. The fourth-order valence-electron chi connectivity index (χ4n) is 2.09. The summed E-state index contributed by atoms with van der Waals surface area (Å²) < 4.78 is 5.38. The lowest BCUT2D eigenvalue weighted by atomic mass is 10.2. The van der Waals surface area contributed by atoms with E-state index < -0.39 is 11.8 Å². The number of aromatic nitrogens is 1. The first-order chi connectivity index (χ1) is 12.7. The topological polar surface area (TPSA) is 80.3 Å². The maximum atomic E-state index is 12.1. The zero-order valence-corrected chi connectivity index (χ0v) is 15.7. The fraction of sp³-hybridized carbons (Fsp3) is 0.167. The molecule has 2 heterocycles. The van der Waals surface area contributed by atoms with E-state index in [9.17, 15) is 9.59 Å². The van der Waals surface area contributed by atoms with Gasteiger partial charge in [-0.25, -0.2) is 4.98 Å². The molecular formula is C18H17N3O3S2. The van der Waals surface area contributed by atoms with Gasteiger partial charge < -0.3 is 4.74 Å². The summed E-state index contributed by atoms with van der Waals surface area (Å²) in [6.07, 6.45) is 0.942. The molecule has 0 aliphatic rings. The van der Waals surface area contributed by atoms with Gasteiger partial charge in [0.15, 0.2) is 6.61 Å². The average Bonchev–Trinajstić information content (AvgIpc) is 3.36. The van der Waals surface area contributed by atoms with Gasteiger partial charge in [0.1, 0.15) is 16.5 Å². The van der Waals surface area contributed by atoms with Crippen molar-refractivity contribution in [3.05, 3.63) is 57.7 Å². The third-order valence-corrected chi connectivity index (χ3v) is 5.10. The number of amides is 2. The van der Waals surface area contributed by atoms with Crippen molar-refractivity contribution in [1.29, 1.82) is 0 Å². The number of hydrazine groups is 1. The van der Waals surface area contributed by atoms with Crippen LogP contribution in [0.2, 0.25) is 0 Å². The largest absolute Gasteiger partial charge is 0.484 e. The molecule has 0 saturated carbocycles. The van der Waals surface area contributed by atoms with Gasteiger partial charge in [-0.15, -0.1) is 11.3 Å². The van der Waals surface area contributed by atoms with E-state index in [-0.39, 0.29) is 12.3 Å². The molecule has 0 saturated heterocycles. The number of carbonyl (C=O) groups excluding carboxylic acids is 2. The highest BCUT2D eigenvalue weighted by Crippen LogP contribution is 2.25. The van der Waals surface area contributed by atoms with Crippen molar-refractivity contribution in [1.82, 2.24) is 15.8 Å². The minimum Gasteiger partial charge on any atom is -0.484 e. The molecule has 0 spiro atoms. The summed E-state index contributed by atoms with van der Waals surface area (Å²) >= 11 is 2.94. The van der Waals surface area contributed by atoms with Gasteiger partial charge >= 0.3 is 0 Å². The van der Waals surface area contributed by atoms with Crippen LogP contribution in [0.3, 0.4) is 0 Å². The quantitative estimate of drug-likeness (QED) is 0.636. The van der Waals surface area contributed by atoms with Gasteiger partial charge in [-0.2, -0.15) is 11.3 Å². The minimum atomic E-state index is -0.469. The van der Waals surface area contributed by atoms with E-state index in [0.717, 1.165) is 17.0 Å². The number of thiazole rings is 1. The Morgan fingerprint density at radius 1 is 1.12 bits per heavy atom.